The van der Waals surface area contributed by atoms with Gasteiger partial charge in [-0.15, -0.1) is 11.8 Å². The van der Waals surface area contributed by atoms with Gasteiger partial charge in [-0.05, 0) is 6.08 Å². The number of carbonyl (C=O) groups excluding carboxylic acids is 2. The highest BCUT2D eigenvalue weighted by Gasteiger charge is 2.19. The summed E-state index contributed by atoms with van der Waals surface area (Å²) in [5, 5.41) is 0. The molecule has 1 aliphatic heterocycles. The minimum atomic E-state index is -0.458. The van der Waals surface area contributed by atoms with Gasteiger partial charge in [0.25, 0.3) is 0 Å². The Morgan fingerprint density at radius 3 is 3.19 bits per heavy atom. The van der Waals surface area contributed by atoms with Crippen LogP contribution in [-0.4, -0.2) is 36.2 Å². The maximum Gasteiger partial charge on any atom is 0.338 e. The third kappa shape index (κ3) is 2.96. The molecular weight excluding hydrogens is 228 g/mol. The van der Waals surface area contributed by atoms with Crippen molar-refractivity contribution in [3.8, 4) is 0 Å². The van der Waals surface area contributed by atoms with Crippen LogP contribution in [0.2, 0.25) is 0 Å². The summed E-state index contributed by atoms with van der Waals surface area (Å²) >= 11 is 1.63. The molecule has 1 atom stereocenters. The molecule has 0 aromatic rings. The van der Waals surface area contributed by atoms with Crippen molar-refractivity contribution in [2.24, 2.45) is 0 Å². The van der Waals surface area contributed by atoms with Gasteiger partial charge in [-0.25, -0.2) is 4.79 Å². The Balaban J connectivity index is 1.83. The summed E-state index contributed by atoms with van der Waals surface area (Å²) in [6.45, 7) is 0.941. The first-order chi connectivity index (χ1) is 7.75. The van der Waals surface area contributed by atoms with E-state index in [0.29, 0.717) is 18.6 Å². The maximum atomic E-state index is 11.5. The van der Waals surface area contributed by atoms with Crippen LogP contribution in [0.3, 0.4) is 0 Å². The summed E-state index contributed by atoms with van der Waals surface area (Å²) in [6.07, 6.45) is 4.97. The number of esters is 1. The highest BCUT2D eigenvalue weighted by atomic mass is 32.2. The van der Waals surface area contributed by atoms with E-state index in [1.165, 1.54) is 6.08 Å². The Hall–Kier alpha value is -1.07. The second kappa shape index (κ2) is 5.32. The zero-order valence-corrected chi connectivity index (χ0v) is 9.50. The average molecular weight is 240 g/mol. The van der Waals surface area contributed by atoms with Crippen molar-refractivity contribution < 1.29 is 19.1 Å². The molecule has 16 heavy (non-hydrogen) atoms. The minimum absolute atomic E-state index is 0.0622. The monoisotopic (exact) mass is 240 g/mol. The Kier molecular flexibility index (Phi) is 3.79. The van der Waals surface area contributed by atoms with E-state index >= 15 is 0 Å². The van der Waals surface area contributed by atoms with Crippen molar-refractivity contribution >= 4 is 23.5 Å². The summed E-state index contributed by atoms with van der Waals surface area (Å²) < 4.78 is 10.4. The molecule has 0 saturated carbocycles. The molecule has 0 bridgehead atoms. The van der Waals surface area contributed by atoms with Gasteiger partial charge in [-0.2, -0.15) is 0 Å². The van der Waals surface area contributed by atoms with Crippen molar-refractivity contribution in [1.82, 2.24) is 0 Å². The lowest BCUT2D eigenvalue weighted by Gasteiger charge is -2.10. The van der Waals surface area contributed by atoms with E-state index in [9.17, 15) is 9.59 Å². The SMILES string of the molecule is O=C1C=C(C(=O)OC[C@@H]2OCCS2)C=CC1. The Morgan fingerprint density at radius 2 is 2.50 bits per heavy atom. The molecule has 1 heterocycles. The predicted molar refractivity (Wildman–Crippen MR) is 60.0 cm³/mol. The zero-order chi connectivity index (χ0) is 11.4. The highest BCUT2D eigenvalue weighted by Crippen LogP contribution is 2.20. The molecule has 2 rings (SSSR count). The standard InChI is InChI=1S/C11H12O4S/c12-9-3-1-2-8(6-9)11(13)15-7-10-14-4-5-16-10/h1-2,6,10H,3-5,7H2/t10-/m1/s1. The summed E-state index contributed by atoms with van der Waals surface area (Å²) in [5.41, 5.74) is 0.257. The number of rotatable bonds is 3. The second-order valence-electron chi connectivity index (χ2n) is 3.44. The van der Waals surface area contributed by atoms with E-state index in [4.69, 9.17) is 9.47 Å². The third-order valence-corrected chi connectivity index (χ3v) is 3.26. The Bertz CT molecular complexity index is 353. The van der Waals surface area contributed by atoms with Crippen molar-refractivity contribution in [2.75, 3.05) is 19.0 Å². The fraction of sp³-hybridized carbons (Fsp3) is 0.455. The van der Waals surface area contributed by atoms with Gasteiger partial charge in [0.05, 0.1) is 12.2 Å². The molecule has 2 aliphatic rings. The number of hydrogen-bond acceptors (Lipinski definition) is 5. The van der Waals surface area contributed by atoms with Gasteiger partial charge in [-0.3, -0.25) is 4.79 Å². The van der Waals surface area contributed by atoms with E-state index in [1.807, 2.05) is 0 Å². The van der Waals surface area contributed by atoms with Crippen molar-refractivity contribution in [3.63, 3.8) is 0 Å². The molecule has 0 radical (unpaired) electrons. The summed E-state index contributed by atoms with van der Waals surface area (Å²) in [6, 6.07) is 0. The van der Waals surface area contributed by atoms with Crippen LogP contribution in [0.25, 0.3) is 0 Å². The first-order valence-electron chi connectivity index (χ1n) is 5.07. The molecule has 0 N–H and O–H groups in total. The molecule has 1 fully saturated rings. The van der Waals surface area contributed by atoms with E-state index in [0.717, 1.165) is 5.75 Å². The summed E-state index contributed by atoms with van der Waals surface area (Å²) in [5.74, 6) is 0.407. The normalized spacial score (nSPS) is 24.4. The van der Waals surface area contributed by atoms with Crippen LogP contribution in [0, 0.1) is 0 Å². The van der Waals surface area contributed by atoms with E-state index < -0.39 is 5.97 Å². The topological polar surface area (TPSA) is 52.6 Å². The van der Waals surface area contributed by atoms with E-state index in [2.05, 4.69) is 0 Å². The smallest absolute Gasteiger partial charge is 0.338 e. The van der Waals surface area contributed by atoms with Crippen LogP contribution in [0.1, 0.15) is 6.42 Å². The van der Waals surface area contributed by atoms with Gasteiger partial charge >= 0.3 is 5.97 Å². The van der Waals surface area contributed by atoms with Crippen LogP contribution in [0.4, 0.5) is 0 Å². The number of hydrogen-bond donors (Lipinski definition) is 0. The zero-order valence-electron chi connectivity index (χ0n) is 8.68. The van der Waals surface area contributed by atoms with Gasteiger partial charge in [0.1, 0.15) is 12.0 Å². The van der Waals surface area contributed by atoms with Crippen molar-refractivity contribution in [2.45, 2.75) is 11.9 Å². The molecule has 86 valence electrons. The number of thioether (sulfide) groups is 1. The van der Waals surface area contributed by atoms with Crippen molar-refractivity contribution in [3.05, 3.63) is 23.8 Å². The Morgan fingerprint density at radius 1 is 1.62 bits per heavy atom. The van der Waals surface area contributed by atoms with Crippen molar-refractivity contribution in [1.29, 1.82) is 0 Å². The lowest BCUT2D eigenvalue weighted by atomic mass is 10.1. The van der Waals surface area contributed by atoms with Crippen LogP contribution >= 0.6 is 11.8 Å². The second-order valence-corrected chi connectivity index (χ2v) is 4.71. The molecule has 1 aliphatic carbocycles. The largest absolute Gasteiger partial charge is 0.458 e. The highest BCUT2D eigenvalue weighted by molar-refractivity contribution is 8.00. The average Bonchev–Trinajstić information content (AvgIpc) is 2.78. The van der Waals surface area contributed by atoms with Gasteiger partial charge in [0.2, 0.25) is 0 Å². The van der Waals surface area contributed by atoms with E-state index in [1.54, 1.807) is 23.9 Å². The predicted octanol–water partition coefficient (Wildman–Crippen LogP) is 1.07. The van der Waals surface area contributed by atoms with Gasteiger partial charge < -0.3 is 9.47 Å². The van der Waals surface area contributed by atoms with Gasteiger partial charge in [0, 0.05) is 12.2 Å². The summed E-state index contributed by atoms with van der Waals surface area (Å²) in [7, 11) is 0. The van der Waals surface area contributed by atoms with Crippen LogP contribution < -0.4 is 0 Å². The molecule has 0 unspecified atom stereocenters. The van der Waals surface area contributed by atoms with Crippen LogP contribution in [-0.2, 0) is 19.1 Å². The fourth-order valence-electron chi connectivity index (χ4n) is 1.44. The molecule has 5 heteroatoms. The number of allylic oxidation sites excluding steroid dienone is 2. The molecule has 4 nitrogen and oxygen atoms in total. The van der Waals surface area contributed by atoms with Gasteiger partial charge in [0.15, 0.2) is 5.78 Å². The maximum absolute atomic E-state index is 11.5. The lowest BCUT2D eigenvalue weighted by molar-refractivity contribution is -0.140. The molecule has 0 aromatic carbocycles. The molecule has 0 amide bonds. The number of ketones is 1. The first-order valence-corrected chi connectivity index (χ1v) is 6.12. The Labute approximate surface area is 97.7 Å². The third-order valence-electron chi connectivity index (χ3n) is 2.21. The summed E-state index contributed by atoms with van der Waals surface area (Å²) in [4.78, 5) is 22.6. The molecule has 0 aromatic heterocycles. The van der Waals surface area contributed by atoms with Gasteiger partial charge in [-0.1, -0.05) is 12.2 Å². The number of ether oxygens (including phenoxy) is 2. The molecule has 1 saturated heterocycles. The molecule has 0 spiro atoms. The van der Waals surface area contributed by atoms with E-state index in [-0.39, 0.29) is 17.8 Å². The first kappa shape index (κ1) is 11.4. The lowest BCUT2D eigenvalue weighted by Crippen LogP contribution is -2.17. The van der Waals surface area contributed by atoms with Crippen LogP contribution in [0.15, 0.2) is 23.8 Å². The fourth-order valence-corrected chi connectivity index (χ4v) is 2.25. The molecular formula is C11H12O4S. The van der Waals surface area contributed by atoms with Crippen LogP contribution in [0.5, 0.6) is 0 Å². The number of carbonyl (C=O) groups is 2. The quantitative estimate of drug-likeness (QED) is 0.691. The minimum Gasteiger partial charge on any atom is -0.458 e.